The lowest BCUT2D eigenvalue weighted by molar-refractivity contribution is -0.122. The van der Waals surface area contributed by atoms with Gasteiger partial charge in [0.1, 0.15) is 0 Å². The number of rotatable bonds is 3. The van der Waals surface area contributed by atoms with E-state index < -0.39 is 0 Å². The van der Waals surface area contributed by atoms with E-state index in [-0.39, 0.29) is 18.4 Å². The van der Waals surface area contributed by atoms with Gasteiger partial charge in [0.05, 0.1) is 6.61 Å². The molecule has 2 N–H and O–H groups in total. The lowest BCUT2D eigenvalue weighted by Crippen LogP contribution is -2.28. The van der Waals surface area contributed by atoms with Crippen molar-refractivity contribution in [3.8, 4) is 0 Å². The second-order valence-corrected chi connectivity index (χ2v) is 4.97. The average Bonchev–Trinajstić information content (AvgIpc) is 3.11. The maximum absolute atomic E-state index is 11.9. The predicted molar refractivity (Wildman–Crippen MR) is 64.6 cm³/mol. The highest BCUT2D eigenvalue weighted by atomic mass is 16.3. The highest BCUT2D eigenvalue weighted by Crippen LogP contribution is 2.59. The number of carbonyl (C=O) groups excluding carboxylic acids is 1. The van der Waals surface area contributed by atoms with E-state index in [0.29, 0.717) is 18.4 Å². The lowest BCUT2D eigenvalue weighted by atomic mass is 9.92. The van der Waals surface area contributed by atoms with Crippen LogP contribution >= 0.6 is 0 Å². The number of fused-ring (bicyclic) bond motifs is 3. The van der Waals surface area contributed by atoms with Crippen molar-refractivity contribution in [3.05, 3.63) is 35.4 Å². The van der Waals surface area contributed by atoms with Crippen molar-refractivity contribution in [1.29, 1.82) is 0 Å². The number of carbonyl (C=O) groups is 1. The molecule has 0 aromatic heterocycles. The molecule has 90 valence electrons. The molecule has 1 saturated carbocycles. The van der Waals surface area contributed by atoms with Crippen LogP contribution in [0.5, 0.6) is 0 Å². The highest BCUT2D eigenvalue weighted by Gasteiger charge is 2.56. The normalized spacial score (nSPS) is 29.1. The molecule has 0 radical (unpaired) electrons. The third-order valence-electron chi connectivity index (χ3n) is 4.04. The fraction of sp³-hybridized carbons (Fsp3) is 0.500. The van der Waals surface area contributed by atoms with Crippen molar-refractivity contribution in [1.82, 2.24) is 5.32 Å². The van der Waals surface area contributed by atoms with Crippen LogP contribution in [0, 0.1) is 11.8 Å². The first-order valence-corrected chi connectivity index (χ1v) is 6.29. The summed E-state index contributed by atoms with van der Waals surface area (Å²) in [5, 5.41) is 11.5. The Balaban J connectivity index is 1.76. The minimum atomic E-state index is 0.0182. The van der Waals surface area contributed by atoms with Gasteiger partial charge in [0.15, 0.2) is 0 Å². The van der Waals surface area contributed by atoms with E-state index in [4.69, 9.17) is 5.11 Å². The van der Waals surface area contributed by atoms with Crippen LogP contribution in [0.4, 0.5) is 0 Å². The minimum Gasteiger partial charge on any atom is -0.395 e. The summed E-state index contributed by atoms with van der Waals surface area (Å²) in [7, 11) is 0. The minimum absolute atomic E-state index is 0.0182. The van der Waals surface area contributed by atoms with Gasteiger partial charge in [-0.15, -0.1) is 0 Å². The van der Waals surface area contributed by atoms with Crippen molar-refractivity contribution < 1.29 is 9.90 Å². The summed E-state index contributed by atoms with van der Waals surface area (Å²) in [6.07, 6.45) is 2.22. The van der Waals surface area contributed by atoms with Gasteiger partial charge in [-0.2, -0.15) is 0 Å². The number of aryl methyl sites for hydroxylation is 1. The molecule has 17 heavy (non-hydrogen) atoms. The molecule has 3 heteroatoms. The Morgan fingerprint density at radius 3 is 3.06 bits per heavy atom. The van der Waals surface area contributed by atoms with Gasteiger partial charge in [-0.25, -0.2) is 0 Å². The number of hydrogen-bond acceptors (Lipinski definition) is 2. The first kappa shape index (κ1) is 10.8. The fourth-order valence-electron chi connectivity index (χ4n) is 3.22. The topological polar surface area (TPSA) is 49.3 Å². The van der Waals surface area contributed by atoms with Crippen LogP contribution < -0.4 is 5.32 Å². The zero-order valence-corrected chi connectivity index (χ0v) is 9.73. The summed E-state index contributed by atoms with van der Waals surface area (Å²) in [5.74, 6) is 1.22. The second kappa shape index (κ2) is 4.15. The Labute approximate surface area is 101 Å². The van der Waals surface area contributed by atoms with Crippen molar-refractivity contribution in [2.75, 3.05) is 13.2 Å². The smallest absolute Gasteiger partial charge is 0.224 e. The van der Waals surface area contributed by atoms with E-state index >= 15 is 0 Å². The number of nitrogens with one attached hydrogen (secondary N) is 1. The summed E-state index contributed by atoms with van der Waals surface area (Å²) in [6, 6.07) is 8.46. The van der Waals surface area contributed by atoms with Crippen molar-refractivity contribution in [2.45, 2.75) is 18.8 Å². The molecule has 1 aromatic rings. The molecule has 1 aromatic carbocycles. The van der Waals surface area contributed by atoms with Crippen LogP contribution in [0.3, 0.4) is 0 Å². The average molecular weight is 231 g/mol. The third-order valence-corrected chi connectivity index (χ3v) is 4.04. The molecular weight excluding hydrogens is 214 g/mol. The van der Waals surface area contributed by atoms with Gasteiger partial charge < -0.3 is 10.4 Å². The van der Waals surface area contributed by atoms with E-state index in [1.807, 2.05) is 0 Å². The number of aliphatic hydroxyl groups is 1. The monoisotopic (exact) mass is 231 g/mol. The number of hydrogen-bond donors (Lipinski definition) is 2. The van der Waals surface area contributed by atoms with Gasteiger partial charge in [-0.05, 0) is 35.8 Å². The van der Waals surface area contributed by atoms with Gasteiger partial charge in [0, 0.05) is 12.5 Å². The molecule has 2 aliphatic carbocycles. The van der Waals surface area contributed by atoms with E-state index in [9.17, 15) is 4.79 Å². The summed E-state index contributed by atoms with van der Waals surface area (Å²) in [6.45, 7) is 0.390. The first-order valence-electron chi connectivity index (χ1n) is 6.29. The highest BCUT2D eigenvalue weighted by molar-refractivity contribution is 5.84. The third kappa shape index (κ3) is 1.75. The Morgan fingerprint density at radius 2 is 2.24 bits per heavy atom. The standard InChI is InChI=1S/C14H17NO2/c16-8-7-15-14(17)13-11-6-5-9-3-1-2-4-10(9)12(11)13/h1-4,11-13,16H,5-8H2,(H,15,17). The molecule has 0 saturated heterocycles. The Bertz CT molecular complexity index is 444. The Kier molecular flexibility index (Phi) is 2.63. The van der Waals surface area contributed by atoms with E-state index in [2.05, 4.69) is 29.6 Å². The van der Waals surface area contributed by atoms with Crippen LogP contribution in [0.15, 0.2) is 24.3 Å². The molecule has 1 amide bonds. The first-order chi connectivity index (χ1) is 8.33. The maximum atomic E-state index is 11.9. The molecule has 3 nitrogen and oxygen atoms in total. The summed E-state index contributed by atoms with van der Waals surface area (Å²) in [5.41, 5.74) is 2.78. The molecule has 2 aliphatic rings. The number of benzene rings is 1. The molecule has 0 spiro atoms. The van der Waals surface area contributed by atoms with Crippen molar-refractivity contribution >= 4 is 5.91 Å². The van der Waals surface area contributed by atoms with Crippen LogP contribution in [0.25, 0.3) is 0 Å². The quantitative estimate of drug-likeness (QED) is 0.817. The van der Waals surface area contributed by atoms with Gasteiger partial charge in [-0.3, -0.25) is 4.79 Å². The number of amides is 1. The molecule has 3 rings (SSSR count). The molecule has 1 fully saturated rings. The van der Waals surface area contributed by atoms with Gasteiger partial charge in [0.2, 0.25) is 5.91 Å². The maximum Gasteiger partial charge on any atom is 0.224 e. The van der Waals surface area contributed by atoms with Crippen LogP contribution in [-0.4, -0.2) is 24.2 Å². The van der Waals surface area contributed by atoms with E-state index in [0.717, 1.165) is 12.8 Å². The van der Waals surface area contributed by atoms with Crippen LogP contribution in [0.1, 0.15) is 23.5 Å². The SMILES string of the molecule is O=C(NCCO)C1C2CCc3ccccc3C21. The van der Waals surface area contributed by atoms with Crippen molar-refractivity contribution in [3.63, 3.8) is 0 Å². The molecule has 0 bridgehead atoms. The molecule has 3 atom stereocenters. The zero-order chi connectivity index (χ0) is 11.8. The van der Waals surface area contributed by atoms with E-state index in [1.54, 1.807) is 0 Å². The van der Waals surface area contributed by atoms with Gasteiger partial charge in [-0.1, -0.05) is 24.3 Å². The van der Waals surface area contributed by atoms with Crippen LogP contribution in [0.2, 0.25) is 0 Å². The zero-order valence-electron chi connectivity index (χ0n) is 9.73. The summed E-state index contributed by atoms with van der Waals surface area (Å²) < 4.78 is 0. The van der Waals surface area contributed by atoms with Crippen LogP contribution in [-0.2, 0) is 11.2 Å². The van der Waals surface area contributed by atoms with Gasteiger partial charge in [0.25, 0.3) is 0 Å². The van der Waals surface area contributed by atoms with Crippen molar-refractivity contribution in [2.24, 2.45) is 11.8 Å². The summed E-state index contributed by atoms with van der Waals surface area (Å²) >= 11 is 0. The predicted octanol–water partition coefficient (Wildman–Crippen LogP) is 1.07. The van der Waals surface area contributed by atoms with E-state index in [1.165, 1.54) is 11.1 Å². The second-order valence-electron chi connectivity index (χ2n) is 4.97. The largest absolute Gasteiger partial charge is 0.395 e. The molecule has 3 unspecified atom stereocenters. The fourth-order valence-corrected chi connectivity index (χ4v) is 3.22. The molecule has 0 aliphatic heterocycles. The van der Waals surface area contributed by atoms with Gasteiger partial charge >= 0.3 is 0 Å². The lowest BCUT2D eigenvalue weighted by Gasteiger charge is -2.13. The molecule has 0 heterocycles. The summed E-state index contributed by atoms with van der Waals surface area (Å²) in [4.78, 5) is 11.9. The Morgan fingerprint density at radius 1 is 1.41 bits per heavy atom. The molecular formula is C14H17NO2. The number of aliphatic hydroxyl groups excluding tert-OH is 1. The Hall–Kier alpha value is -1.35.